The molecule has 0 radical (unpaired) electrons. The van der Waals surface area contributed by atoms with Gasteiger partial charge in [0, 0.05) is 24.5 Å². The van der Waals surface area contributed by atoms with E-state index in [9.17, 15) is 0 Å². The van der Waals surface area contributed by atoms with Gasteiger partial charge in [-0.2, -0.15) is 0 Å². The maximum absolute atomic E-state index is 6.22. The standard InChI is InChI=1S/C13H22N2/c1-4-6-15-7-5-10-11(14)8-13(2,3)9-12(10)15/h5,7,11H,4,6,8-9,14H2,1-3H3. The highest BCUT2D eigenvalue weighted by atomic mass is 15.0. The van der Waals surface area contributed by atoms with Crippen LogP contribution in [0.3, 0.4) is 0 Å². The maximum atomic E-state index is 6.22. The Hall–Kier alpha value is -0.760. The second-order valence-electron chi connectivity index (χ2n) is 5.56. The number of hydrogen-bond acceptors (Lipinski definition) is 1. The van der Waals surface area contributed by atoms with Crippen molar-refractivity contribution in [2.75, 3.05) is 0 Å². The summed E-state index contributed by atoms with van der Waals surface area (Å²) in [4.78, 5) is 0. The fraction of sp³-hybridized carbons (Fsp3) is 0.692. The highest BCUT2D eigenvalue weighted by Gasteiger charge is 2.32. The van der Waals surface area contributed by atoms with Crippen LogP contribution in [0.1, 0.15) is 50.9 Å². The molecular formula is C13H22N2. The van der Waals surface area contributed by atoms with E-state index in [1.807, 2.05) is 0 Å². The molecule has 0 aliphatic heterocycles. The lowest BCUT2D eigenvalue weighted by molar-refractivity contribution is 0.275. The summed E-state index contributed by atoms with van der Waals surface area (Å²) in [5, 5.41) is 0. The molecule has 2 heteroatoms. The van der Waals surface area contributed by atoms with Crippen LogP contribution in [0.5, 0.6) is 0 Å². The zero-order valence-electron chi connectivity index (χ0n) is 10.1. The molecule has 2 N–H and O–H groups in total. The molecule has 1 aromatic heterocycles. The predicted molar refractivity (Wildman–Crippen MR) is 63.8 cm³/mol. The summed E-state index contributed by atoms with van der Waals surface area (Å²) < 4.78 is 2.39. The van der Waals surface area contributed by atoms with E-state index in [2.05, 4.69) is 37.6 Å². The molecule has 1 aliphatic carbocycles. The van der Waals surface area contributed by atoms with E-state index in [0.717, 1.165) is 13.0 Å². The minimum absolute atomic E-state index is 0.238. The number of aryl methyl sites for hydroxylation is 1. The number of nitrogens with zero attached hydrogens (tertiary/aromatic N) is 1. The molecule has 2 rings (SSSR count). The largest absolute Gasteiger partial charge is 0.351 e. The Morgan fingerprint density at radius 1 is 1.53 bits per heavy atom. The van der Waals surface area contributed by atoms with Gasteiger partial charge in [-0.3, -0.25) is 0 Å². The molecule has 0 aromatic carbocycles. The quantitative estimate of drug-likeness (QED) is 0.792. The molecule has 1 atom stereocenters. The lowest BCUT2D eigenvalue weighted by Crippen LogP contribution is -2.30. The fourth-order valence-corrected chi connectivity index (χ4v) is 2.74. The van der Waals surface area contributed by atoms with Gasteiger partial charge in [-0.05, 0) is 36.3 Å². The van der Waals surface area contributed by atoms with Gasteiger partial charge in [0.2, 0.25) is 0 Å². The first-order valence-corrected chi connectivity index (χ1v) is 5.97. The van der Waals surface area contributed by atoms with Crippen molar-refractivity contribution in [2.45, 2.75) is 52.6 Å². The number of nitrogens with two attached hydrogens (primary N) is 1. The second kappa shape index (κ2) is 3.67. The van der Waals surface area contributed by atoms with Crippen molar-refractivity contribution in [3.8, 4) is 0 Å². The molecule has 0 saturated heterocycles. The Morgan fingerprint density at radius 2 is 2.27 bits per heavy atom. The van der Waals surface area contributed by atoms with E-state index >= 15 is 0 Å². The van der Waals surface area contributed by atoms with Crippen LogP contribution < -0.4 is 5.73 Å². The molecule has 1 aromatic rings. The Kier molecular flexibility index (Phi) is 2.63. The Bertz CT molecular complexity index is 349. The number of rotatable bonds is 2. The molecule has 2 nitrogen and oxygen atoms in total. The van der Waals surface area contributed by atoms with Crippen LogP contribution in [0, 0.1) is 5.41 Å². The smallest absolute Gasteiger partial charge is 0.0318 e. The van der Waals surface area contributed by atoms with Crippen molar-refractivity contribution < 1.29 is 0 Å². The van der Waals surface area contributed by atoms with Crippen molar-refractivity contribution >= 4 is 0 Å². The average molecular weight is 206 g/mol. The first-order valence-electron chi connectivity index (χ1n) is 5.97. The minimum Gasteiger partial charge on any atom is -0.351 e. The topological polar surface area (TPSA) is 30.9 Å². The third kappa shape index (κ3) is 1.96. The lowest BCUT2D eigenvalue weighted by Gasteiger charge is -2.34. The fourth-order valence-electron chi connectivity index (χ4n) is 2.74. The second-order valence-corrected chi connectivity index (χ2v) is 5.56. The van der Waals surface area contributed by atoms with Gasteiger partial charge in [0.1, 0.15) is 0 Å². The third-order valence-electron chi connectivity index (χ3n) is 3.40. The molecule has 84 valence electrons. The van der Waals surface area contributed by atoms with Crippen LogP contribution in [0.25, 0.3) is 0 Å². The monoisotopic (exact) mass is 206 g/mol. The maximum Gasteiger partial charge on any atom is 0.0318 e. The van der Waals surface area contributed by atoms with Gasteiger partial charge in [-0.25, -0.2) is 0 Å². The summed E-state index contributed by atoms with van der Waals surface area (Å²) in [6.45, 7) is 7.98. The van der Waals surface area contributed by atoms with Gasteiger partial charge < -0.3 is 10.3 Å². The number of aromatic nitrogens is 1. The Morgan fingerprint density at radius 3 is 2.93 bits per heavy atom. The van der Waals surface area contributed by atoms with E-state index < -0.39 is 0 Å². The Labute approximate surface area is 92.5 Å². The van der Waals surface area contributed by atoms with E-state index in [-0.39, 0.29) is 6.04 Å². The minimum atomic E-state index is 0.238. The molecular weight excluding hydrogens is 184 g/mol. The lowest BCUT2D eigenvalue weighted by atomic mass is 9.74. The molecule has 15 heavy (non-hydrogen) atoms. The van der Waals surface area contributed by atoms with Gasteiger partial charge >= 0.3 is 0 Å². The van der Waals surface area contributed by atoms with Crippen LogP contribution >= 0.6 is 0 Å². The normalized spacial score (nSPS) is 23.9. The van der Waals surface area contributed by atoms with Gasteiger partial charge in [0.15, 0.2) is 0 Å². The molecule has 1 aliphatic rings. The summed E-state index contributed by atoms with van der Waals surface area (Å²) in [6.07, 6.45) is 5.67. The van der Waals surface area contributed by atoms with Crippen molar-refractivity contribution in [2.24, 2.45) is 11.1 Å². The third-order valence-corrected chi connectivity index (χ3v) is 3.40. The average Bonchev–Trinajstić information content (AvgIpc) is 2.47. The summed E-state index contributed by atoms with van der Waals surface area (Å²) >= 11 is 0. The Balaban J connectivity index is 2.36. The zero-order chi connectivity index (χ0) is 11.1. The number of fused-ring (bicyclic) bond motifs is 1. The van der Waals surface area contributed by atoms with Gasteiger partial charge in [-0.1, -0.05) is 20.8 Å². The number of hydrogen-bond donors (Lipinski definition) is 1. The molecule has 0 saturated carbocycles. The molecule has 1 unspecified atom stereocenters. The van der Waals surface area contributed by atoms with Gasteiger partial charge in [-0.15, -0.1) is 0 Å². The SMILES string of the molecule is CCCn1ccc2c1CC(C)(C)CC2N. The van der Waals surface area contributed by atoms with E-state index in [4.69, 9.17) is 5.73 Å². The van der Waals surface area contributed by atoms with E-state index in [1.165, 1.54) is 24.1 Å². The van der Waals surface area contributed by atoms with Crippen molar-refractivity contribution in [1.29, 1.82) is 0 Å². The summed E-state index contributed by atoms with van der Waals surface area (Å²) in [5.74, 6) is 0. The summed E-state index contributed by atoms with van der Waals surface area (Å²) in [6, 6.07) is 2.45. The summed E-state index contributed by atoms with van der Waals surface area (Å²) in [7, 11) is 0. The van der Waals surface area contributed by atoms with Crippen LogP contribution in [0.2, 0.25) is 0 Å². The molecule has 0 fully saturated rings. The van der Waals surface area contributed by atoms with Gasteiger partial charge in [0.25, 0.3) is 0 Å². The van der Waals surface area contributed by atoms with Crippen LogP contribution in [0.15, 0.2) is 12.3 Å². The highest BCUT2D eigenvalue weighted by Crippen LogP contribution is 2.39. The molecule has 1 heterocycles. The molecule has 0 amide bonds. The summed E-state index contributed by atoms with van der Waals surface area (Å²) in [5.41, 5.74) is 9.43. The van der Waals surface area contributed by atoms with Crippen molar-refractivity contribution in [1.82, 2.24) is 4.57 Å². The van der Waals surface area contributed by atoms with Gasteiger partial charge in [0.05, 0.1) is 0 Å². The van der Waals surface area contributed by atoms with Crippen molar-refractivity contribution in [3.05, 3.63) is 23.5 Å². The predicted octanol–water partition coefficient (Wildman–Crippen LogP) is 2.87. The van der Waals surface area contributed by atoms with Crippen LogP contribution in [-0.4, -0.2) is 4.57 Å². The van der Waals surface area contributed by atoms with Crippen LogP contribution in [-0.2, 0) is 13.0 Å². The van der Waals surface area contributed by atoms with E-state index in [0.29, 0.717) is 5.41 Å². The first-order chi connectivity index (χ1) is 7.03. The highest BCUT2D eigenvalue weighted by molar-refractivity contribution is 5.30. The van der Waals surface area contributed by atoms with Crippen molar-refractivity contribution in [3.63, 3.8) is 0 Å². The molecule has 0 spiro atoms. The zero-order valence-corrected chi connectivity index (χ0v) is 10.1. The first kappa shape index (κ1) is 10.7. The van der Waals surface area contributed by atoms with E-state index in [1.54, 1.807) is 0 Å². The van der Waals surface area contributed by atoms with Crippen LogP contribution in [0.4, 0.5) is 0 Å². The molecule has 0 bridgehead atoms.